The maximum absolute atomic E-state index is 13.9. The number of fused-ring (bicyclic) bond motifs is 1. The molecule has 0 aliphatic carbocycles. The number of amidine groups is 1. The van der Waals surface area contributed by atoms with Gasteiger partial charge in [0.25, 0.3) is 0 Å². The van der Waals surface area contributed by atoms with Crippen molar-refractivity contribution in [2.24, 2.45) is 16.6 Å². The van der Waals surface area contributed by atoms with Gasteiger partial charge in [0.2, 0.25) is 51.4 Å². The Balaban J connectivity index is 0.692. The lowest BCUT2D eigenvalue weighted by atomic mass is 9.99. The lowest BCUT2D eigenvalue weighted by molar-refractivity contribution is -0.271. The van der Waals surface area contributed by atoms with Crippen LogP contribution >= 0.6 is 0 Å². The summed E-state index contributed by atoms with van der Waals surface area (Å²) in [5.41, 5.74) is 9.64. The molecule has 620 valence electrons. The van der Waals surface area contributed by atoms with E-state index >= 15 is 0 Å². The van der Waals surface area contributed by atoms with E-state index in [0.717, 1.165) is 12.8 Å². The predicted octanol–water partition coefficient (Wildman–Crippen LogP) is 4.15. The Morgan fingerprint density at radius 3 is 1.71 bits per heavy atom. The van der Waals surface area contributed by atoms with Crippen LogP contribution in [0.3, 0.4) is 0 Å². The fourth-order valence-corrected chi connectivity index (χ4v) is 12.6. The molecule has 4 aromatic carbocycles. The van der Waals surface area contributed by atoms with Crippen LogP contribution in [-0.2, 0) is 97.4 Å². The van der Waals surface area contributed by atoms with Crippen molar-refractivity contribution in [2.75, 3.05) is 177 Å². The molecule has 33 nitrogen and oxygen atoms in total. The van der Waals surface area contributed by atoms with Gasteiger partial charge in [-0.2, -0.15) is 13.1 Å². The van der Waals surface area contributed by atoms with Crippen LogP contribution in [0.1, 0.15) is 63.5 Å². The number of benzene rings is 4. The molecule has 0 spiro atoms. The molecular weight excluding hydrogens is 1510 g/mol. The van der Waals surface area contributed by atoms with Crippen molar-refractivity contribution in [3.63, 3.8) is 0 Å². The number of aliphatic imine (C=N–C) groups is 1. The number of carboxylic acid groups (broad SMARTS) is 1. The maximum Gasteiger partial charge on any atom is 0.407 e. The molecule has 5 unspecified atom stereocenters. The monoisotopic (exact) mass is 1610 g/mol. The smallest absolute Gasteiger partial charge is 0.407 e. The van der Waals surface area contributed by atoms with Crippen LogP contribution in [0.15, 0.2) is 82.2 Å². The molecule has 0 radical (unpaired) electrons. The number of sulfonamides is 1. The Morgan fingerprint density at radius 2 is 1.16 bits per heavy atom. The highest BCUT2D eigenvalue weighted by Gasteiger charge is 2.48. The van der Waals surface area contributed by atoms with E-state index in [1.54, 1.807) is 24.3 Å². The topological polar surface area (TPSA) is 428 Å². The number of aliphatic hydroxyl groups is 3. The molecule has 3 aliphatic heterocycles. The highest BCUT2D eigenvalue weighted by molar-refractivity contribution is 7.89. The minimum Gasteiger partial charge on any atom is -0.479 e. The third kappa shape index (κ3) is 30.2. The van der Waals surface area contributed by atoms with Gasteiger partial charge in [0.1, 0.15) is 36.5 Å². The SMILES string of the molecule is CCCN(CCC)C(=O)C1=Cc2ccc(-c3cccc(S(=O)(=O)N4CC(CNC(=O)OCc5ccc(OC6OC(C(=O)O)C(O)C(O)C6O)c(NC(=O)CCNC(=O)CCOCCOCCOCCOCCOCCOCCOCCOCCOCCOCCC(=O)Oc6c(F)c(F)cc(F)c6F)c5)C4)c3)cc2N=C(N)C1. The van der Waals surface area contributed by atoms with E-state index in [2.05, 4.69) is 25.7 Å². The number of anilines is 1. The zero-order valence-electron chi connectivity index (χ0n) is 62.3. The maximum atomic E-state index is 13.9. The van der Waals surface area contributed by atoms with Crippen LogP contribution in [0, 0.1) is 29.2 Å². The molecule has 7 rings (SSSR count). The number of hydrogen-bond donors (Lipinski definition) is 8. The Hall–Kier alpha value is -8.42. The molecule has 2 saturated heterocycles. The molecule has 2 fully saturated rings. The van der Waals surface area contributed by atoms with E-state index in [1.165, 1.54) is 28.6 Å². The molecule has 4 amide bonds. The third-order valence-corrected chi connectivity index (χ3v) is 18.6. The number of rotatable bonds is 53. The number of halogens is 4. The molecule has 4 aromatic rings. The average Bonchev–Trinajstić information content (AvgIpc) is 0.869. The van der Waals surface area contributed by atoms with Gasteiger partial charge < -0.3 is 113 Å². The van der Waals surface area contributed by atoms with Gasteiger partial charge in [-0.3, -0.25) is 19.2 Å². The number of esters is 1. The third-order valence-electron chi connectivity index (χ3n) is 16.8. The van der Waals surface area contributed by atoms with Gasteiger partial charge in [-0.25, -0.2) is 31.8 Å². The fraction of sp³-hybridized carbons (Fsp3) is 0.554. The Kier molecular flexibility index (Phi) is 39.4. The minimum absolute atomic E-state index is 0.00171. The zero-order chi connectivity index (χ0) is 80.8. The van der Waals surface area contributed by atoms with Crippen LogP contribution in [0.25, 0.3) is 17.2 Å². The molecule has 3 aliphatic rings. The lowest BCUT2D eigenvalue weighted by Crippen LogP contribution is -2.61. The summed E-state index contributed by atoms with van der Waals surface area (Å²) < 4.78 is 158. The van der Waals surface area contributed by atoms with E-state index in [-0.39, 0.29) is 145 Å². The van der Waals surface area contributed by atoms with Crippen LogP contribution in [-0.4, -0.2) is 282 Å². The Labute approximate surface area is 645 Å². The lowest BCUT2D eigenvalue weighted by Gasteiger charge is -2.38. The van der Waals surface area contributed by atoms with E-state index in [9.17, 15) is 75.2 Å². The molecule has 5 atom stereocenters. The van der Waals surface area contributed by atoms with Crippen molar-refractivity contribution in [1.29, 1.82) is 0 Å². The van der Waals surface area contributed by atoms with Crippen molar-refractivity contribution in [1.82, 2.24) is 19.8 Å². The second-order valence-corrected chi connectivity index (χ2v) is 27.4. The fourth-order valence-electron chi connectivity index (χ4n) is 11.0. The number of ether oxygens (including phenoxy) is 14. The number of nitrogens with zero attached hydrogens (tertiary/aromatic N) is 3. The van der Waals surface area contributed by atoms with Crippen molar-refractivity contribution < 1.29 is 141 Å². The van der Waals surface area contributed by atoms with Gasteiger partial charge in [0.05, 0.1) is 155 Å². The molecule has 9 N–H and O–H groups in total. The zero-order valence-corrected chi connectivity index (χ0v) is 63.2. The van der Waals surface area contributed by atoms with E-state index in [0.29, 0.717) is 126 Å². The number of amides is 4. The molecule has 0 aromatic heterocycles. The Morgan fingerprint density at radius 1 is 0.625 bits per heavy atom. The summed E-state index contributed by atoms with van der Waals surface area (Å²) in [5, 5.41) is 48.8. The van der Waals surface area contributed by atoms with Gasteiger partial charge >= 0.3 is 18.0 Å². The summed E-state index contributed by atoms with van der Waals surface area (Å²) in [4.78, 5) is 82.5. The van der Waals surface area contributed by atoms with Crippen LogP contribution in [0.5, 0.6) is 11.5 Å². The first kappa shape index (κ1) is 90.8. The van der Waals surface area contributed by atoms with Gasteiger partial charge in [-0.1, -0.05) is 44.2 Å². The standard InChI is InChI=1S/C74H99F4N7O26S/c1-3-16-84(17-4-2)71(92)53-39-52-10-9-51(41-57(52)82-60(79)42-53)50-6-5-7-54(40-50)112(96,97)85-45-49(46-85)44-81-74(95)108-47-48-8-11-59(109-73-68(91)66(89)67(90)70(111-73)72(93)94)58(38-48)83-62(87)12-15-80-61(86)13-18-98-20-22-100-24-26-102-28-30-104-32-34-106-36-37-107-35-33-105-31-29-103-27-25-101-23-21-99-19-14-63(88)110-69-64(77)55(75)43-56(76)65(69)78/h5-11,38-41,43,49,66-68,70,73,89-91H,3-4,12-37,42,44-47H2,1-2H3,(H2,79,82)(H,80,86)(H,81,95)(H,83,87)(H,93,94). The first-order valence-corrected chi connectivity index (χ1v) is 38.0. The number of aliphatic carboxylic acids is 1. The van der Waals surface area contributed by atoms with Crippen LogP contribution < -0.4 is 31.2 Å². The van der Waals surface area contributed by atoms with Gasteiger partial charge in [-0.05, 0) is 65.9 Å². The molecule has 38 heteroatoms. The van der Waals surface area contributed by atoms with Crippen molar-refractivity contribution in [2.45, 2.75) is 94.6 Å². The summed E-state index contributed by atoms with van der Waals surface area (Å²) in [5.74, 6) is -12.6. The number of carbonyl (C=O) groups is 6. The number of nitrogens with two attached hydrogens (primary N) is 1. The molecule has 0 bridgehead atoms. The highest BCUT2D eigenvalue weighted by Crippen LogP contribution is 2.36. The average molecular weight is 1610 g/mol. The minimum atomic E-state index is -3.96. The largest absolute Gasteiger partial charge is 0.479 e. The highest BCUT2D eigenvalue weighted by atomic mass is 32.2. The van der Waals surface area contributed by atoms with Crippen molar-refractivity contribution >= 4 is 69.1 Å². The quantitative estimate of drug-likeness (QED) is 0.0101. The predicted molar refractivity (Wildman–Crippen MR) is 390 cm³/mol. The Bertz CT molecular complexity index is 3830. The van der Waals surface area contributed by atoms with E-state index < -0.39 is 106 Å². The van der Waals surface area contributed by atoms with E-state index in [4.69, 9.17) is 67.3 Å². The number of nitrogens with one attached hydrogen (secondary N) is 3. The molecule has 3 heterocycles. The summed E-state index contributed by atoms with van der Waals surface area (Å²) in [6.45, 7) is 10.2. The number of aliphatic hydroxyl groups excluding tert-OH is 3. The van der Waals surface area contributed by atoms with Crippen molar-refractivity contribution in [3.05, 3.63) is 107 Å². The van der Waals surface area contributed by atoms with Crippen LogP contribution in [0.4, 0.5) is 33.7 Å². The number of carboxylic acids is 1. The van der Waals surface area contributed by atoms with Crippen molar-refractivity contribution in [3.8, 4) is 22.6 Å². The normalized spacial score (nSPS) is 17.1. The summed E-state index contributed by atoms with van der Waals surface area (Å²) in [6, 6.07) is 16.0. The number of carbonyl (C=O) groups excluding carboxylic acids is 5. The van der Waals surface area contributed by atoms with Crippen LogP contribution in [0.2, 0.25) is 0 Å². The van der Waals surface area contributed by atoms with Gasteiger partial charge in [0, 0.05) is 81.7 Å². The molecular formula is C74H99F4N7O26S. The molecule has 0 saturated carbocycles. The summed E-state index contributed by atoms with van der Waals surface area (Å²) >= 11 is 0. The van der Waals surface area contributed by atoms with E-state index in [1.807, 2.05) is 37.0 Å². The van der Waals surface area contributed by atoms with Gasteiger partial charge in [-0.15, -0.1) is 0 Å². The number of alkyl carbamates (subject to hydrolysis) is 1. The second kappa shape index (κ2) is 48.6. The first-order chi connectivity index (χ1) is 54.0. The first-order valence-electron chi connectivity index (χ1n) is 36.6. The van der Waals surface area contributed by atoms with Gasteiger partial charge in [0.15, 0.2) is 17.7 Å². The molecule has 112 heavy (non-hydrogen) atoms. The second-order valence-electron chi connectivity index (χ2n) is 25.4. The summed E-state index contributed by atoms with van der Waals surface area (Å²) in [6.07, 6.45) is -7.77. The summed E-state index contributed by atoms with van der Waals surface area (Å²) in [7, 11) is -3.96. The number of hydrogen-bond acceptors (Lipinski definition) is 27.